The number of likely N-dealkylation sites (tertiary alicyclic amines) is 1. The van der Waals surface area contributed by atoms with E-state index in [2.05, 4.69) is 17.3 Å². The van der Waals surface area contributed by atoms with E-state index in [1.807, 2.05) is 0 Å². The van der Waals surface area contributed by atoms with Gasteiger partial charge in [-0.2, -0.15) is 0 Å². The van der Waals surface area contributed by atoms with E-state index in [0.717, 1.165) is 0 Å². The quantitative estimate of drug-likeness (QED) is 0.810. The average molecular weight is 238 g/mol. The van der Waals surface area contributed by atoms with Crippen molar-refractivity contribution in [2.24, 2.45) is 5.41 Å². The van der Waals surface area contributed by atoms with Gasteiger partial charge in [0.05, 0.1) is 0 Å². The number of rotatable bonds is 4. The van der Waals surface area contributed by atoms with Crippen molar-refractivity contribution in [1.29, 1.82) is 0 Å². The summed E-state index contributed by atoms with van der Waals surface area (Å²) >= 11 is 0. The van der Waals surface area contributed by atoms with Crippen molar-refractivity contribution in [3.8, 4) is 0 Å². The lowest BCUT2D eigenvalue weighted by Gasteiger charge is -2.41. The first-order valence-corrected chi connectivity index (χ1v) is 7.72. The Morgan fingerprint density at radius 2 is 1.47 bits per heavy atom. The van der Waals surface area contributed by atoms with Crippen molar-refractivity contribution >= 4 is 0 Å². The third-order valence-corrected chi connectivity index (χ3v) is 4.72. The summed E-state index contributed by atoms with van der Waals surface area (Å²) in [5.41, 5.74) is 0.595. The molecule has 100 valence electrons. The molecule has 2 fully saturated rings. The summed E-state index contributed by atoms with van der Waals surface area (Å²) in [6, 6.07) is 0. The summed E-state index contributed by atoms with van der Waals surface area (Å²) in [7, 11) is 2.12. The van der Waals surface area contributed by atoms with Crippen LogP contribution < -0.4 is 5.32 Å². The van der Waals surface area contributed by atoms with Crippen LogP contribution in [0.2, 0.25) is 0 Å². The number of hydrogen-bond donors (Lipinski definition) is 1. The first-order valence-electron chi connectivity index (χ1n) is 7.72. The largest absolute Gasteiger partial charge is 0.319 e. The molecule has 0 radical (unpaired) electrons. The molecule has 1 heterocycles. The molecule has 0 aromatic carbocycles. The second-order valence-corrected chi connectivity index (χ2v) is 6.28. The number of nitrogens with zero attached hydrogens (tertiary/aromatic N) is 1. The summed E-state index contributed by atoms with van der Waals surface area (Å²) in [6.45, 7) is 5.29. The SMILES string of the molecule is CNCC1(CN2CCCCCC2)CCCCC1. The number of nitrogens with one attached hydrogen (secondary N) is 1. The van der Waals surface area contributed by atoms with E-state index in [4.69, 9.17) is 0 Å². The maximum atomic E-state index is 3.46. The highest BCUT2D eigenvalue weighted by Crippen LogP contribution is 2.36. The monoisotopic (exact) mass is 238 g/mol. The molecule has 0 atom stereocenters. The van der Waals surface area contributed by atoms with Gasteiger partial charge < -0.3 is 10.2 Å². The van der Waals surface area contributed by atoms with Crippen LogP contribution in [0.3, 0.4) is 0 Å². The van der Waals surface area contributed by atoms with E-state index >= 15 is 0 Å². The third-order valence-electron chi connectivity index (χ3n) is 4.72. The molecule has 0 bridgehead atoms. The first kappa shape index (κ1) is 13.4. The Labute approximate surface area is 107 Å². The average Bonchev–Trinajstić information content (AvgIpc) is 2.59. The summed E-state index contributed by atoms with van der Waals surface area (Å²) in [5.74, 6) is 0. The normalized spacial score (nSPS) is 26.6. The van der Waals surface area contributed by atoms with Crippen LogP contribution in [0, 0.1) is 5.41 Å². The molecule has 2 rings (SSSR count). The van der Waals surface area contributed by atoms with Crippen LogP contribution in [-0.4, -0.2) is 38.1 Å². The fourth-order valence-corrected chi connectivity index (χ4v) is 3.84. The third kappa shape index (κ3) is 3.96. The van der Waals surface area contributed by atoms with Crippen LogP contribution in [0.25, 0.3) is 0 Å². The van der Waals surface area contributed by atoms with Crippen molar-refractivity contribution in [2.45, 2.75) is 57.8 Å². The molecular weight excluding hydrogens is 208 g/mol. The second kappa shape index (κ2) is 6.75. The van der Waals surface area contributed by atoms with Gasteiger partial charge in [0.25, 0.3) is 0 Å². The molecule has 1 aliphatic carbocycles. The second-order valence-electron chi connectivity index (χ2n) is 6.28. The van der Waals surface area contributed by atoms with Gasteiger partial charge in [-0.25, -0.2) is 0 Å². The van der Waals surface area contributed by atoms with Crippen LogP contribution in [0.1, 0.15) is 57.8 Å². The molecule has 0 spiro atoms. The fourth-order valence-electron chi connectivity index (χ4n) is 3.84. The maximum absolute atomic E-state index is 3.46. The molecule has 0 unspecified atom stereocenters. The Balaban J connectivity index is 1.90. The Bertz CT molecular complexity index is 195. The van der Waals surface area contributed by atoms with Crippen molar-refractivity contribution in [1.82, 2.24) is 10.2 Å². The molecule has 1 N–H and O–H groups in total. The Morgan fingerprint density at radius 3 is 2.06 bits per heavy atom. The summed E-state index contributed by atoms with van der Waals surface area (Å²) in [5, 5.41) is 3.46. The topological polar surface area (TPSA) is 15.3 Å². The molecule has 0 amide bonds. The van der Waals surface area contributed by atoms with Gasteiger partial charge in [0, 0.05) is 13.1 Å². The Morgan fingerprint density at radius 1 is 0.882 bits per heavy atom. The zero-order chi connectivity index (χ0) is 12.0. The van der Waals surface area contributed by atoms with Crippen molar-refractivity contribution in [3.63, 3.8) is 0 Å². The molecule has 0 aromatic heterocycles. The van der Waals surface area contributed by atoms with Crippen LogP contribution in [0.5, 0.6) is 0 Å². The lowest BCUT2D eigenvalue weighted by molar-refractivity contribution is 0.106. The minimum absolute atomic E-state index is 0.595. The van der Waals surface area contributed by atoms with E-state index in [0.29, 0.717) is 5.41 Å². The first-order chi connectivity index (χ1) is 8.35. The summed E-state index contributed by atoms with van der Waals surface area (Å²) in [6.07, 6.45) is 13.0. The van der Waals surface area contributed by atoms with E-state index in [-0.39, 0.29) is 0 Å². The molecule has 1 saturated carbocycles. The zero-order valence-corrected chi connectivity index (χ0v) is 11.6. The molecule has 2 nitrogen and oxygen atoms in total. The predicted octanol–water partition coefficient (Wildman–Crippen LogP) is 3.03. The lowest BCUT2D eigenvalue weighted by Crippen LogP contribution is -2.45. The van der Waals surface area contributed by atoms with E-state index in [1.54, 1.807) is 0 Å². The Hall–Kier alpha value is -0.0800. The molecule has 2 heteroatoms. The standard InChI is InChI=1S/C15H30N2/c1-16-13-15(9-5-4-6-10-15)14-17-11-7-2-3-8-12-17/h16H,2-14H2,1H3. The predicted molar refractivity (Wildman–Crippen MR) is 74.4 cm³/mol. The zero-order valence-electron chi connectivity index (χ0n) is 11.6. The van der Waals surface area contributed by atoms with Gasteiger partial charge >= 0.3 is 0 Å². The minimum atomic E-state index is 0.595. The van der Waals surface area contributed by atoms with Gasteiger partial charge in [-0.3, -0.25) is 0 Å². The minimum Gasteiger partial charge on any atom is -0.319 e. The maximum Gasteiger partial charge on any atom is 0.00501 e. The van der Waals surface area contributed by atoms with Gasteiger partial charge in [0.15, 0.2) is 0 Å². The van der Waals surface area contributed by atoms with Gasteiger partial charge in [-0.1, -0.05) is 32.1 Å². The van der Waals surface area contributed by atoms with Crippen molar-refractivity contribution < 1.29 is 0 Å². The van der Waals surface area contributed by atoms with Crippen molar-refractivity contribution in [2.75, 3.05) is 33.2 Å². The van der Waals surface area contributed by atoms with Crippen LogP contribution >= 0.6 is 0 Å². The van der Waals surface area contributed by atoms with Crippen LogP contribution in [0.4, 0.5) is 0 Å². The molecule has 0 aromatic rings. The summed E-state index contributed by atoms with van der Waals surface area (Å²) < 4.78 is 0. The molecule has 17 heavy (non-hydrogen) atoms. The van der Waals surface area contributed by atoms with E-state index in [9.17, 15) is 0 Å². The molecule has 1 saturated heterocycles. The van der Waals surface area contributed by atoms with Crippen molar-refractivity contribution in [3.05, 3.63) is 0 Å². The number of hydrogen-bond acceptors (Lipinski definition) is 2. The highest BCUT2D eigenvalue weighted by Gasteiger charge is 2.33. The highest BCUT2D eigenvalue weighted by molar-refractivity contribution is 4.87. The Kier molecular flexibility index (Phi) is 5.30. The smallest absolute Gasteiger partial charge is 0.00501 e. The van der Waals surface area contributed by atoms with Gasteiger partial charge in [-0.05, 0) is 51.2 Å². The van der Waals surface area contributed by atoms with Gasteiger partial charge in [0.1, 0.15) is 0 Å². The van der Waals surface area contributed by atoms with E-state index in [1.165, 1.54) is 84.0 Å². The van der Waals surface area contributed by atoms with Gasteiger partial charge in [0.2, 0.25) is 0 Å². The van der Waals surface area contributed by atoms with Crippen LogP contribution in [0.15, 0.2) is 0 Å². The van der Waals surface area contributed by atoms with Crippen LogP contribution in [-0.2, 0) is 0 Å². The van der Waals surface area contributed by atoms with E-state index < -0.39 is 0 Å². The fraction of sp³-hybridized carbons (Fsp3) is 1.00. The highest BCUT2D eigenvalue weighted by atomic mass is 15.1. The van der Waals surface area contributed by atoms with Gasteiger partial charge in [-0.15, -0.1) is 0 Å². The molecule has 2 aliphatic rings. The lowest BCUT2D eigenvalue weighted by atomic mass is 9.73. The molecule has 1 aliphatic heterocycles. The summed E-state index contributed by atoms with van der Waals surface area (Å²) in [4.78, 5) is 2.76. The molecular formula is C15H30N2.